The molecule has 21 heavy (non-hydrogen) atoms. The molecule has 2 heterocycles. The van der Waals surface area contributed by atoms with Gasteiger partial charge in [-0.15, -0.1) is 0 Å². The summed E-state index contributed by atoms with van der Waals surface area (Å²) in [7, 11) is 0. The molecule has 2 aromatic heterocycles. The summed E-state index contributed by atoms with van der Waals surface area (Å²) in [4.78, 5) is 7.41. The molecule has 0 spiro atoms. The molecule has 0 aliphatic rings. The first kappa shape index (κ1) is 14.5. The van der Waals surface area contributed by atoms with E-state index < -0.39 is 0 Å². The number of hydrogen-bond acceptors (Lipinski definition) is 6. The number of aryl methyl sites for hydroxylation is 1. The van der Waals surface area contributed by atoms with Crippen molar-refractivity contribution in [3.05, 3.63) is 49.6 Å². The van der Waals surface area contributed by atoms with Gasteiger partial charge in [0, 0.05) is 13.0 Å². The second-order valence-electron chi connectivity index (χ2n) is 4.01. The molecule has 0 saturated carbocycles. The smallest absolute Gasteiger partial charge is 0.137 e. The van der Waals surface area contributed by atoms with Crippen LogP contribution in [0, 0.1) is 0 Å². The monoisotopic (exact) mass is 288 g/mol. The van der Waals surface area contributed by atoms with Gasteiger partial charge in [-0.2, -0.15) is 10.2 Å². The van der Waals surface area contributed by atoms with E-state index in [0.29, 0.717) is 6.61 Å². The molecule has 2 N–H and O–H groups in total. The number of aromatic amines is 1. The second-order valence-corrected chi connectivity index (χ2v) is 4.01. The van der Waals surface area contributed by atoms with Crippen molar-refractivity contribution in [3.8, 4) is 11.5 Å². The van der Waals surface area contributed by atoms with Crippen LogP contribution in [0.2, 0.25) is 0 Å². The summed E-state index contributed by atoms with van der Waals surface area (Å²) in [6.45, 7) is 1.41. The Bertz CT molecular complexity index is 562. The summed E-state index contributed by atoms with van der Waals surface area (Å²) >= 11 is 0. The van der Waals surface area contributed by atoms with Gasteiger partial charge in [0.15, 0.2) is 0 Å². The molecule has 8 nitrogen and oxygen atoms in total. The highest BCUT2D eigenvalue weighted by Crippen LogP contribution is 2.15. The Morgan fingerprint density at radius 3 is 2.57 bits per heavy atom. The van der Waals surface area contributed by atoms with Gasteiger partial charge in [-0.3, -0.25) is 9.78 Å². The van der Waals surface area contributed by atoms with Crippen LogP contribution < -0.4 is 4.74 Å². The highest BCUT2D eigenvalue weighted by Gasteiger charge is 1.95. The normalized spacial score (nSPS) is 9.71. The quantitative estimate of drug-likeness (QED) is 0.685. The van der Waals surface area contributed by atoms with Crippen LogP contribution in [0.25, 0.3) is 0 Å². The maximum Gasteiger partial charge on any atom is 0.137 e. The molecule has 0 amide bonds. The zero-order valence-corrected chi connectivity index (χ0v) is 11.3. The van der Waals surface area contributed by atoms with Crippen molar-refractivity contribution < 1.29 is 9.84 Å². The summed E-state index contributed by atoms with van der Waals surface area (Å²) in [5.41, 5.74) is 0. The average molecular weight is 288 g/mol. The van der Waals surface area contributed by atoms with Crippen molar-refractivity contribution in [2.75, 3.05) is 6.61 Å². The fourth-order valence-corrected chi connectivity index (χ4v) is 1.47. The standard InChI is InChI=1S/C11H13N3O2.C2H3N3/c15-10-2-4-11(5-3-10)16-7-1-6-14-9-12-8-13-14;1-3-2-5-4-1/h2-5,8-9,15H,1,6-7H2;1-2H,(H,3,4,5). The number of phenols is 1. The van der Waals surface area contributed by atoms with E-state index in [1.165, 1.54) is 19.0 Å². The molecule has 0 unspecified atom stereocenters. The van der Waals surface area contributed by atoms with Crippen LogP contribution >= 0.6 is 0 Å². The fraction of sp³-hybridized carbons (Fsp3) is 0.231. The third kappa shape index (κ3) is 5.72. The molecule has 0 fully saturated rings. The number of phenolic OH excluding ortho intramolecular Hbond substituents is 1. The number of nitrogens with zero attached hydrogens (tertiary/aromatic N) is 5. The molecule has 0 bridgehead atoms. The highest BCUT2D eigenvalue weighted by molar-refractivity contribution is 5.29. The minimum absolute atomic E-state index is 0.245. The maximum atomic E-state index is 9.08. The summed E-state index contributed by atoms with van der Waals surface area (Å²) in [6, 6.07) is 6.69. The molecule has 3 rings (SSSR count). The molecule has 0 atom stereocenters. The highest BCUT2D eigenvalue weighted by atomic mass is 16.5. The van der Waals surface area contributed by atoms with Gasteiger partial charge in [0.05, 0.1) is 6.61 Å². The first-order chi connectivity index (χ1) is 10.3. The second kappa shape index (κ2) is 8.31. The maximum absolute atomic E-state index is 9.08. The lowest BCUT2D eigenvalue weighted by Crippen LogP contribution is -2.04. The van der Waals surface area contributed by atoms with E-state index in [1.807, 2.05) is 0 Å². The van der Waals surface area contributed by atoms with Gasteiger partial charge >= 0.3 is 0 Å². The molecule has 0 aliphatic heterocycles. The summed E-state index contributed by atoms with van der Waals surface area (Å²) in [5, 5.41) is 19.1. The molecule has 0 radical (unpaired) electrons. The van der Waals surface area contributed by atoms with Crippen LogP contribution in [0.4, 0.5) is 0 Å². The minimum atomic E-state index is 0.245. The van der Waals surface area contributed by atoms with Crippen LogP contribution in [0.3, 0.4) is 0 Å². The van der Waals surface area contributed by atoms with Gasteiger partial charge < -0.3 is 9.84 Å². The number of aromatic hydroxyl groups is 1. The molecule has 8 heteroatoms. The molecule has 0 aliphatic carbocycles. The SMILES string of the molecule is Oc1ccc(OCCCn2cncn2)cc1.c1nc[nH]n1. The lowest BCUT2D eigenvalue weighted by Gasteiger charge is -2.05. The number of ether oxygens (including phenoxy) is 1. The van der Waals surface area contributed by atoms with Crippen LogP contribution in [-0.2, 0) is 6.54 Å². The molecule has 1 aromatic carbocycles. The van der Waals surface area contributed by atoms with E-state index in [4.69, 9.17) is 9.84 Å². The van der Waals surface area contributed by atoms with Crippen molar-refractivity contribution in [2.24, 2.45) is 0 Å². The van der Waals surface area contributed by atoms with Crippen LogP contribution in [0.5, 0.6) is 11.5 Å². The third-order valence-corrected chi connectivity index (χ3v) is 2.43. The van der Waals surface area contributed by atoms with Gasteiger partial charge in [-0.25, -0.2) is 9.97 Å². The van der Waals surface area contributed by atoms with Gasteiger partial charge in [0.1, 0.15) is 36.8 Å². The van der Waals surface area contributed by atoms with E-state index in [9.17, 15) is 0 Å². The number of benzene rings is 1. The molecule has 0 saturated heterocycles. The molecule has 110 valence electrons. The summed E-state index contributed by atoms with van der Waals surface area (Å²) in [6.07, 6.45) is 7.02. The number of aromatic nitrogens is 6. The number of hydrogen-bond donors (Lipinski definition) is 2. The van der Waals surface area contributed by atoms with Crippen molar-refractivity contribution >= 4 is 0 Å². The zero-order valence-electron chi connectivity index (χ0n) is 11.3. The Morgan fingerprint density at radius 1 is 1.14 bits per heavy atom. The van der Waals surface area contributed by atoms with Gasteiger partial charge in [-0.1, -0.05) is 0 Å². The van der Waals surface area contributed by atoms with E-state index in [2.05, 4.69) is 25.3 Å². The molecular formula is C13H16N6O2. The zero-order chi connectivity index (χ0) is 14.8. The Kier molecular flexibility index (Phi) is 5.74. The Balaban J connectivity index is 0.000000272. The predicted octanol–water partition coefficient (Wildman–Crippen LogP) is 1.26. The average Bonchev–Trinajstić information content (AvgIpc) is 3.21. The van der Waals surface area contributed by atoms with Crippen LogP contribution in [0.1, 0.15) is 6.42 Å². The Morgan fingerprint density at radius 2 is 2.00 bits per heavy atom. The van der Waals surface area contributed by atoms with Gasteiger partial charge in [0.25, 0.3) is 0 Å². The van der Waals surface area contributed by atoms with Gasteiger partial charge in [-0.05, 0) is 24.3 Å². The summed E-state index contributed by atoms with van der Waals surface area (Å²) < 4.78 is 7.25. The Labute approximate surface area is 121 Å². The van der Waals surface area contributed by atoms with Crippen molar-refractivity contribution in [2.45, 2.75) is 13.0 Å². The van der Waals surface area contributed by atoms with Crippen LogP contribution in [0.15, 0.2) is 49.6 Å². The van der Waals surface area contributed by atoms with Gasteiger partial charge in [0.2, 0.25) is 0 Å². The van der Waals surface area contributed by atoms with Crippen molar-refractivity contribution in [1.82, 2.24) is 29.9 Å². The van der Waals surface area contributed by atoms with E-state index in [-0.39, 0.29) is 5.75 Å². The Hall–Kier alpha value is -2.90. The first-order valence-electron chi connectivity index (χ1n) is 6.37. The lowest BCUT2D eigenvalue weighted by molar-refractivity contribution is 0.298. The van der Waals surface area contributed by atoms with Crippen molar-refractivity contribution in [1.29, 1.82) is 0 Å². The van der Waals surface area contributed by atoms with Crippen molar-refractivity contribution in [3.63, 3.8) is 0 Å². The summed E-state index contributed by atoms with van der Waals surface area (Å²) in [5.74, 6) is 1.01. The number of H-pyrrole nitrogens is 1. The van der Waals surface area contributed by atoms with E-state index in [0.717, 1.165) is 18.7 Å². The lowest BCUT2D eigenvalue weighted by atomic mass is 10.3. The topological polar surface area (TPSA) is 102 Å². The molecular weight excluding hydrogens is 272 g/mol. The van der Waals surface area contributed by atoms with Crippen LogP contribution in [-0.4, -0.2) is 41.7 Å². The number of nitrogens with one attached hydrogen (secondary N) is 1. The van der Waals surface area contributed by atoms with E-state index in [1.54, 1.807) is 35.3 Å². The third-order valence-electron chi connectivity index (χ3n) is 2.43. The largest absolute Gasteiger partial charge is 0.508 e. The number of rotatable bonds is 5. The molecule has 3 aromatic rings. The predicted molar refractivity (Wildman–Crippen MR) is 74.6 cm³/mol. The minimum Gasteiger partial charge on any atom is -0.508 e. The first-order valence-corrected chi connectivity index (χ1v) is 6.37. The van der Waals surface area contributed by atoms with E-state index >= 15 is 0 Å². The fourth-order valence-electron chi connectivity index (χ4n) is 1.47.